The molecule has 2 rings (SSSR count). The molecule has 0 spiro atoms. The van der Waals surface area contributed by atoms with Gasteiger partial charge in [0.25, 0.3) is 5.56 Å². The zero-order valence-electron chi connectivity index (χ0n) is 11.3. The van der Waals surface area contributed by atoms with Crippen LogP contribution < -0.4 is 11.2 Å². The number of aromatic nitrogens is 2. The molecular formula is C12H16N2O6S. The summed E-state index contributed by atoms with van der Waals surface area (Å²) in [7, 11) is 0. The first kappa shape index (κ1) is 15.8. The second kappa shape index (κ2) is 6.46. The largest absolute Gasteiger partial charge is 0.462 e. The highest BCUT2D eigenvalue weighted by molar-refractivity contribution is 7.81. The monoisotopic (exact) mass is 316 g/mol. The van der Waals surface area contributed by atoms with Gasteiger partial charge < -0.3 is 14.6 Å². The molecule has 1 aromatic rings. The first-order chi connectivity index (χ1) is 9.92. The van der Waals surface area contributed by atoms with E-state index in [0.29, 0.717) is 5.56 Å². The number of carbonyl (C=O) groups is 1. The first-order valence-electron chi connectivity index (χ1n) is 6.34. The van der Waals surface area contributed by atoms with Crippen LogP contribution in [0.3, 0.4) is 0 Å². The molecule has 1 aliphatic rings. The van der Waals surface area contributed by atoms with E-state index in [1.165, 1.54) is 10.8 Å². The number of aliphatic hydroxyl groups excluding tert-OH is 1. The third-order valence-corrected chi connectivity index (χ3v) is 3.46. The van der Waals surface area contributed by atoms with Crippen molar-refractivity contribution in [2.75, 3.05) is 12.4 Å². The van der Waals surface area contributed by atoms with E-state index in [1.54, 1.807) is 6.92 Å². The maximum Gasteiger partial charge on any atom is 0.330 e. The van der Waals surface area contributed by atoms with E-state index >= 15 is 0 Å². The molecule has 2 heterocycles. The van der Waals surface area contributed by atoms with Gasteiger partial charge in [0.05, 0.1) is 11.9 Å². The lowest BCUT2D eigenvalue weighted by atomic mass is 10.2. The molecule has 1 unspecified atom stereocenters. The van der Waals surface area contributed by atoms with Gasteiger partial charge in [0, 0.05) is 18.2 Å². The van der Waals surface area contributed by atoms with Crippen LogP contribution >= 0.6 is 12.6 Å². The summed E-state index contributed by atoms with van der Waals surface area (Å²) in [6.07, 6.45) is -0.780. The number of nitrogens with zero attached hydrogens (tertiary/aromatic N) is 1. The summed E-state index contributed by atoms with van der Waals surface area (Å²) >= 11 is 3.77. The number of hydrogen-bond donors (Lipinski definition) is 3. The third-order valence-electron chi connectivity index (χ3n) is 3.20. The fraction of sp³-hybridized carbons (Fsp3) is 0.583. The zero-order chi connectivity index (χ0) is 15.6. The standard InChI is InChI=1S/C12H16N2O6S/c1-6-3-14(12(18)13-11(6)17)9-2-7(15)8(20-9)4-19-10(16)5-21/h3,7-9,15,21H,2,4-5H2,1H3,(H,13,17,18)/t7?,8-,9-/m1/s1. The molecule has 0 radical (unpaired) electrons. The van der Waals surface area contributed by atoms with Crippen LogP contribution in [0.25, 0.3) is 0 Å². The Balaban J connectivity index is 2.10. The Hall–Kier alpha value is -1.58. The van der Waals surface area contributed by atoms with Crippen LogP contribution in [0.5, 0.6) is 0 Å². The van der Waals surface area contributed by atoms with Gasteiger partial charge in [-0.1, -0.05) is 0 Å². The van der Waals surface area contributed by atoms with Gasteiger partial charge in [0.15, 0.2) is 0 Å². The van der Waals surface area contributed by atoms with E-state index < -0.39 is 35.7 Å². The van der Waals surface area contributed by atoms with Crippen molar-refractivity contribution in [1.82, 2.24) is 9.55 Å². The quantitative estimate of drug-likeness (QED) is 0.484. The van der Waals surface area contributed by atoms with Gasteiger partial charge in [0.1, 0.15) is 18.9 Å². The van der Waals surface area contributed by atoms with Gasteiger partial charge in [-0.25, -0.2) is 4.79 Å². The summed E-state index contributed by atoms with van der Waals surface area (Å²) in [6, 6.07) is 0. The van der Waals surface area contributed by atoms with Crippen LogP contribution in [0, 0.1) is 6.92 Å². The van der Waals surface area contributed by atoms with E-state index in [0.717, 1.165) is 0 Å². The predicted molar refractivity (Wildman–Crippen MR) is 75.4 cm³/mol. The molecule has 1 saturated heterocycles. The lowest BCUT2D eigenvalue weighted by molar-refractivity contribution is -0.146. The van der Waals surface area contributed by atoms with Gasteiger partial charge in [-0.05, 0) is 6.92 Å². The smallest absolute Gasteiger partial charge is 0.330 e. The Kier molecular flexibility index (Phi) is 4.86. The van der Waals surface area contributed by atoms with Crippen LogP contribution in [0.1, 0.15) is 18.2 Å². The summed E-state index contributed by atoms with van der Waals surface area (Å²) in [4.78, 5) is 36.3. The molecule has 9 heteroatoms. The lowest BCUT2D eigenvalue weighted by Gasteiger charge is -2.16. The Bertz CT molecular complexity index is 639. The number of nitrogens with one attached hydrogen (secondary N) is 1. The molecule has 1 aromatic heterocycles. The van der Waals surface area contributed by atoms with Crippen molar-refractivity contribution in [2.24, 2.45) is 0 Å². The number of H-pyrrole nitrogens is 1. The summed E-state index contributed by atoms with van der Waals surface area (Å²) in [5, 5.41) is 9.90. The maximum absolute atomic E-state index is 11.8. The van der Waals surface area contributed by atoms with E-state index in [2.05, 4.69) is 17.6 Å². The second-order valence-corrected chi connectivity index (χ2v) is 5.07. The average Bonchev–Trinajstić information content (AvgIpc) is 2.81. The topological polar surface area (TPSA) is 111 Å². The normalized spacial score (nSPS) is 25.0. The van der Waals surface area contributed by atoms with Crippen molar-refractivity contribution in [1.29, 1.82) is 0 Å². The molecule has 0 saturated carbocycles. The molecule has 116 valence electrons. The van der Waals surface area contributed by atoms with Crippen LogP contribution in [0.2, 0.25) is 0 Å². The number of aromatic amines is 1. The molecule has 8 nitrogen and oxygen atoms in total. The van der Waals surface area contributed by atoms with E-state index in [4.69, 9.17) is 9.47 Å². The molecule has 1 fully saturated rings. The van der Waals surface area contributed by atoms with Crippen LogP contribution in [0.15, 0.2) is 15.8 Å². The van der Waals surface area contributed by atoms with Gasteiger partial charge in [-0.3, -0.25) is 19.1 Å². The third kappa shape index (κ3) is 3.55. The lowest BCUT2D eigenvalue weighted by Crippen LogP contribution is -2.33. The average molecular weight is 316 g/mol. The Morgan fingerprint density at radius 1 is 1.62 bits per heavy atom. The molecule has 0 bridgehead atoms. The number of thiol groups is 1. The number of aryl methyl sites for hydroxylation is 1. The molecule has 21 heavy (non-hydrogen) atoms. The van der Waals surface area contributed by atoms with Crippen molar-refractivity contribution in [3.8, 4) is 0 Å². The van der Waals surface area contributed by atoms with Crippen molar-refractivity contribution >= 4 is 18.6 Å². The van der Waals surface area contributed by atoms with E-state index in [-0.39, 0.29) is 18.8 Å². The Morgan fingerprint density at radius 2 is 2.33 bits per heavy atom. The number of carbonyl (C=O) groups excluding carboxylic acids is 1. The molecule has 3 atom stereocenters. The summed E-state index contributed by atoms with van der Waals surface area (Å²) in [5.74, 6) is -0.584. The van der Waals surface area contributed by atoms with E-state index in [1.807, 2.05) is 0 Å². The molecule has 0 amide bonds. The molecule has 0 aliphatic carbocycles. The Morgan fingerprint density at radius 3 is 3.00 bits per heavy atom. The summed E-state index contributed by atoms with van der Waals surface area (Å²) < 4.78 is 11.6. The van der Waals surface area contributed by atoms with Gasteiger partial charge in [-0.2, -0.15) is 12.6 Å². The highest BCUT2D eigenvalue weighted by Gasteiger charge is 2.36. The van der Waals surface area contributed by atoms with Crippen molar-refractivity contribution < 1.29 is 19.4 Å². The number of hydrogen-bond acceptors (Lipinski definition) is 7. The number of esters is 1. The fourth-order valence-corrected chi connectivity index (χ4v) is 2.15. The summed E-state index contributed by atoms with van der Waals surface area (Å²) in [6.45, 7) is 1.44. The minimum atomic E-state index is -0.873. The second-order valence-electron chi connectivity index (χ2n) is 4.75. The fourth-order valence-electron chi connectivity index (χ4n) is 2.06. The minimum Gasteiger partial charge on any atom is -0.462 e. The molecule has 2 N–H and O–H groups in total. The van der Waals surface area contributed by atoms with Crippen LogP contribution in [0.4, 0.5) is 0 Å². The number of aliphatic hydroxyl groups is 1. The predicted octanol–water partition coefficient (Wildman–Crippen LogP) is -1.03. The number of ether oxygens (including phenoxy) is 2. The highest BCUT2D eigenvalue weighted by atomic mass is 32.1. The maximum atomic E-state index is 11.8. The van der Waals surface area contributed by atoms with Gasteiger partial charge in [-0.15, -0.1) is 0 Å². The van der Waals surface area contributed by atoms with Crippen molar-refractivity contribution in [2.45, 2.75) is 31.8 Å². The van der Waals surface area contributed by atoms with Crippen LogP contribution in [-0.2, 0) is 14.3 Å². The first-order valence-corrected chi connectivity index (χ1v) is 6.97. The van der Waals surface area contributed by atoms with E-state index in [9.17, 15) is 19.5 Å². The highest BCUT2D eigenvalue weighted by Crippen LogP contribution is 2.27. The molecule has 0 aromatic carbocycles. The SMILES string of the molecule is Cc1cn([C@H]2CC(O)[C@@H](COC(=O)CS)O2)c(=O)[nH]c1=O. The summed E-state index contributed by atoms with van der Waals surface area (Å²) in [5.41, 5.74) is -0.720. The molecule has 1 aliphatic heterocycles. The van der Waals surface area contributed by atoms with Crippen LogP contribution in [-0.4, -0.2) is 45.2 Å². The Labute approximate surface area is 125 Å². The zero-order valence-corrected chi connectivity index (χ0v) is 12.2. The number of rotatable bonds is 4. The molecular weight excluding hydrogens is 300 g/mol. The van der Waals surface area contributed by atoms with Crippen molar-refractivity contribution in [3.05, 3.63) is 32.6 Å². The van der Waals surface area contributed by atoms with Gasteiger partial charge in [0.2, 0.25) is 0 Å². The van der Waals surface area contributed by atoms with Gasteiger partial charge >= 0.3 is 11.7 Å². The van der Waals surface area contributed by atoms with Crippen molar-refractivity contribution in [3.63, 3.8) is 0 Å². The minimum absolute atomic E-state index is 0.0647.